The van der Waals surface area contributed by atoms with Crippen molar-refractivity contribution in [2.45, 2.75) is 65.2 Å². The Balaban J connectivity index is 1.55. The molecule has 0 atom stereocenters. The van der Waals surface area contributed by atoms with Gasteiger partial charge in [0.25, 0.3) is 11.4 Å². The minimum Gasteiger partial charge on any atom is -0.394 e. The van der Waals surface area contributed by atoms with Gasteiger partial charge in [0, 0.05) is 35.4 Å². The van der Waals surface area contributed by atoms with Crippen molar-refractivity contribution in [3.8, 4) is 11.5 Å². The van der Waals surface area contributed by atoms with Crippen molar-refractivity contribution in [2.75, 3.05) is 0 Å². The lowest BCUT2D eigenvalue weighted by molar-refractivity contribution is -0.385. The Morgan fingerprint density at radius 1 is 0.794 bits per heavy atom. The lowest BCUT2D eigenvalue weighted by Gasteiger charge is -2.17. The van der Waals surface area contributed by atoms with E-state index in [4.69, 9.17) is 9.47 Å². The second kappa shape index (κ2) is 9.04. The van der Waals surface area contributed by atoms with Gasteiger partial charge in [0.15, 0.2) is 0 Å². The monoisotopic (exact) mass is 468 g/mol. The number of hydrogen-bond donors (Lipinski definition) is 0. The molecule has 0 amide bonds. The Kier molecular flexibility index (Phi) is 6.29. The second-order valence-electron chi connectivity index (χ2n) is 9.61. The molecule has 0 radical (unpaired) electrons. The predicted molar refractivity (Wildman–Crippen MR) is 124 cm³/mol. The number of nitro benzene ring substituents is 2. The number of non-ortho nitro benzene ring substituents is 2. The van der Waals surface area contributed by atoms with Crippen LogP contribution in [0.2, 0.25) is 0 Å². The molecule has 9 heteroatoms. The van der Waals surface area contributed by atoms with Crippen molar-refractivity contribution < 1.29 is 24.1 Å². The fourth-order valence-electron chi connectivity index (χ4n) is 4.51. The zero-order chi connectivity index (χ0) is 24.5. The SMILES string of the molecule is CCC1(Cc2cc([N+](=O)[O-])ccc2OC(=O)Oc2ccc([N+](=O)[O-])cc2CC2(CC)CC2)CC1. The minimum absolute atomic E-state index is 0.0606. The van der Waals surface area contributed by atoms with Gasteiger partial charge < -0.3 is 9.47 Å². The normalized spacial score (nSPS) is 17.0. The molecule has 2 aliphatic carbocycles. The molecule has 2 aromatic carbocycles. The highest BCUT2D eigenvalue weighted by atomic mass is 16.7. The molecule has 0 spiro atoms. The molecule has 2 aromatic rings. The first-order chi connectivity index (χ1) is 16.2. The average Bonchev–Trinajstić information content (AvgIpc) is 3.73. The Labute approximate surface area is 197 Å². The van der Waals surface area contributed by atoms with Gasteiger partial charge in [-0.2, -0.15) is 0 Å². The summed E-state index contributed by atoms with van der Waals surface area (Å²) in [4.78, 5) is 34.3. The zero-order valence-corrected chi connectivity index (χ0v) is 19.4. The molecule has 180 valence electrons. The van der Waals surface area contributed by atoms with Crippen LogP contribution in [0, 0.1) is 31.1 Å². The Hall–Kier alpha value is -3.49. The molecular weight excluding hydrogens is 440 g/mol. The van der Waals surface area contributed by atoms with Crippen LogP contribution in [0.4, 0.5) is 16.2 Å². The smallest absolute Gasteiger partial charge is 0.394 e. The van der Waals surface area contributed by atoms with Crippen molar-refractivity contribution in [3.05, 3.63) is 67.8 Å². The summed E-state index contributed by atoms with van der Waals surface area (Å²) in [6.07, 6.45) is 6.17. The van der Waals surface area contributed by atoms with E-state index in [1.807, 2.05) is 0 Å². The first kappa shape index (κ1) is 23.7. The van der Waals surface area contributed by atoms with Crippen molar-refractivity contribution >= 4 is 17.5 Å². The maximum absolute atomic E-state index is 12.7. The number of benzene rings is 2. The van der Waals surface area contributed by atoms with Gasteiger partial charge in [0.2, 0.25) is 0 Å². The third-order valence-electron chi connectivity index (χ3n) is 7.44. The van der Waals surface area contributed by atoms with Crippen LogP contribution in [0.3, 0.4) is 0 Å². The van der Waals surface area contributed by atoms with E-state index in [-0.39, 0.29) is 33.7 Å². The molecule has 0 saturated heterocycles. The summed E-state index contributed by atoms with van der Waals surface area (Å²) in [6.45, 7) is 4.16. The lowest BCUT2D eigenvalue weighted by Crippen LogP contribution is -2.17. The van der Waals surface area contributed by atoms with Crippen LogP contribution in [0.25, 0.3) is 0 Å². The van der Waals surface area contributed by atoms with Crippen molar-refractivity contribution in [2.24, 2.45) is 10.8 Å². The maximum Gasteiger partial charge on any atom is 0.519 e. The van der Waals surface area contributed by atoms with Gasteiger partial charge in [-0.25, -0.2) is 4.79 Å². The molecule has 34 heavy (non-hydrogen) atoms. The zero-order valence-electron chi connectivity index (χ0n) is 19.4. The first-order valence-electron chi connectivity index (χ1n) is 11.6. The van der Waals surface area contributed by atoms with Crippen LogP contribution >= 0.6 is 0 Å². The van der Waals surface area contributed by atoms with Crippen molar-refractivity contribution in [3.63, 3.8) is 0 Å². The number of nitro groups is 2. The number of hydrogen-bond acceptors (Lipinski definition) is 7. The quantitative estimate of drug-likeness (QED) is 0.168. The molecular formula is C25H28N2O7. The second-order valence-corrected chi connectivity index (χ2v) is 9.61. The highest BCUT2D eigenvalue weighted by Crippen LogP contribution is 2.53. The Bertz CT molecular complexity index is 1050. The molecule has 4 rings (SSSR count). The summed E-state index contributed by atoms with van der Waals surface area (Å²) in [7, 11) is 0. The van der Waals surface area contributed by atoms with Crippen LogP contribution in [-0.4, -0.2) is 16.0 Å². The Morgan fingerprint density at radius 2 is 1.18 bits per heavy atom. The topological polar surface area (TPSA) is 122 Å². The molecule has 9 nitrogen and oxygen atoms in total. The fourth-order valence-corrected chi connectivity index (χ4v) is 4.51. The summed E-state index contributed by atoms with van der Waals surface area (Å²) in [5.74, 6) is 0.456. The molecule has 0 heterocycles. The van der Waals surface area contributed by atoms with Crippen LogP contribution in [0.5, 0.6) is 11.5 Å². The van der Waals surface area contributed by atoms with Crippen LogP contribution in [-0.2, 0) is 12.8 Å². The third-order valence-corrected chi connectivity index (χ3v) is 7.44. The van der Waals surface area contributed by atoms with Crippen molar-refractivity contribution in [1.82, 2.24) is 0 Å². The first-order valence-corrected chi connectivity index (χ1v) is 11.6. The largest absolute Gasteiger partial charge is 0.519 e. The van der Waals surface area contributed by atoms with Gasteiger partial charge in [-0.3, -0.25) is 20.2 Å². The van der Waals surface area contributed by atoms with Gasteiger partial charge in [0.1, 0.15) is 11.5 Å². The van der Waals surface area contributed by atoms with Gasteiger partial charge in [-0.15, -0.1) is 0 Å². The van der Waals surface area contributed by atoms with E-state index >= 15 is 0 Å². The van der Waals surface area contributed by atoms with Crippen LogP contribution < -0.4 is 9.47 Å². The third kappa shape index (κ3) is 5.18. The highest BCUT2D eigenvalue weighted by Gasteiger charge is 2.42. The summed E-state index contributed by atoms with van der Waals surface area (Å²) in [6, 6.07) is 8.35. The summed E-state index contributed by atoms with van der Waals surface area (Å²) in [5, 5.41) is 22.5. The van der Waals surface area contributed by atoms with Gasteiger partial charge in [-0.1, -0.05) is 26.7 Å². The van der Waals surface area contributed by atoms with E-state index in [2.05, 4.69) is 13.8 Å². The molecule has 0 aromatic heterocycles. The van der Waals surface area contributed by atoms with Crippen molar-refractivity contribution in [1.29, 1.82) is 0 Å². The van der Waals surface area contributed by atoms with Gasteiger partial charge >= 0.3 is 6.16 Å². The lowest BCUT2D eigenvalue weighted by atomic mass is 9.93. The average molecular weight is 469 g/mol. The number of ether oxygens (including phenoxy) is 2. The number of carbonyl (C=O) groups is 1. The van der Waals surface area contributed by atoms with E-state index in [1.165, 1.54) is 36.4 Å². The van der Waals surface area contributed by atoms with E-state index in [9.17, 15) is 25.0 Å². The van der Waals surface area contributed by atoms with E-state index in [1.54, 1.807) is 0 Å². The van der Waals surface area contributed by atoms with E-state index < -0.39 is 16.0 Å². The highest BCUT2D eigenvalue weighted by molar-refractivity contribution is 5.69. The minimum atomic E-state index is -0.979. The molecule has 0 bridgehead atoms. The molecule has 0 unspecified atom stereocenters. The van der Waals surface area contributed by atoms with Crippen LogP contribution in [0.15, 0.2) is 36.4 Å². The molecule has 0 N–H and O–H groups in total. The number of rotatable bonds is 10. The van der Waals surface area contributed by atoms with Gasteiger partial charge in [-0.05, 0) is 61.5 Å². The Morgan fingerprint density at radius 3 is 1.47 bits per heavy atom. The summed E-state index contributed by atoms with van der Waals surface area (Å²) < 4.78 is 11.0. The predicted octanol–water partition coefficient (Wildman–Crippen LogP) is 6.55. The van der Waals surface area contributed by atoms with E-state index in [0.29, 0.717) is 24.0 Å². The fraction of sp³-hybridized carbons (Fsp3) is 0.480. The van der Waals surface area contributed by atoms with E-state index in [0.717, 1.165) is 38.5 Å². The molecule has 0 aliphatic heterocycles. The van der Waals surface area contributed by atoms with Crippen LogP contribution in [0.1, 0.15) is 63.5 Å². The number of nitrogens with zero attached hydrogens (tertiary/aromatic N) is 2. The maximum atomic E-state index is 12.7. The van der Waals surface area contributed by atoms with Gasteiger partial charge in [0.05, 0.1) is 9.85 Å². The number of carbonyl (C=O) groups excluding carboxylic acids is 1. The summed E-state index contributed by atoms with van der Waals surface area (Å²) in [5.41, 5.74) is 1.24. The molecule has 2 saturated carbocycles. The molecule has 2 fully saturated rings. The molecule has 2 aliphatic rings. The summed E-state index contributed by atoms with van der Waals surface area (Å²) >= 11 is 0. The standard InChI is InChI=1S/C25H28N2O7/c1-3-24(9-10-24)15-17-13-19(26(29)30)5-7-21(17)33-23(28)34-22-8-6-20(27(31)32)14-18(22)16-25(4-2)11-12-25/h5-8,13-14H,3-4,9-12,15-16H2,1-2H3.